The van der Waals surface area contributed by atoms with Gasteiger partial charge in [-0.05, 0) is 208 Å². The standard InChI is InChI=1S/C65H29N/c1-26-64-41-24-25-42-40-23-21-36-34-19-17-32-31-16-18-33-35-20-22-39(41)51-49(35)54-47(33)45(31)53-46(32)48(34)55-50(36)52(40)62(60-58(55)56(53)57(54)59(60)61(51)64)65(42,64)63(66(26)30-8-3-2-4-9-30)38-15-13-29-11-10-27-6-5-7-28-12-14-37(38)44(29)43(27)28/h2-26,63H,1H3. The van der Waals surface area contributed by atoms with Crippen molar-refractivity contribution in [1.82, 2.24) is 0 Å². The van der Waals surface area contributed by atoms with Gasteiger partial charge in [-0.1, -0.05) is 133 Å². The summed E-state index contributed by atoms with van der Waals surface area (Å²) in [6.07, 6.45) is 5.29. The van der Waals surface area contributed by atoms with Crippen LogP contribution in [0.25, 0.3) is 162 Å². The Morgan fingerprint density at radius 2 is 0.773 bits per heavy atom. The van der Waals surface area contributed by atoms with Gasteiger partial charge in [0.1, 0.15) is 0 Å². The highest BCUT2D eigenvalue weighted by atomic mass is 15.3. The highest BCUT2D eigenvalue weighted by Gasteiger charge is 2.77. The number of para-hydroxylation sites is 1. The summed E-state index contributed by atoms with van der Waals surface area (Å²) in [5.74, 6) is 0. The summed E-state index contributed by atoms with van der Waals surface area (Å²) in [6.45, 7) is 2.65. The smallest absolute Gasteiger partial charge is 0.0702 e. The summed E-state index contributed by atoms with van der Waals surface area (Å²) < 4.78 is 0. The molecule has 1 fully saturated rings. The van der Waals surface area contributed by atoms with Crippen molar-refractivity contribution in [3.05, 3.63) is 173 Å². The molecule has 294 valence electrons. The van der Waals surface area contributed by atoms with E-state index in [2.05, 4.69) is 157 Å². The Hall–Kier alpha value is -8.00. The number of hydrogen-bond donors (Lipinski definition) is 0. The molecule has 66 heavy (non-hydrogen) atoms. The summed E-state index contributed by atoms with van der Waals surface area (Å²) in [6, 6.07) is 53.5. The second kappa shape index (κ2) is 8.50. The van der Waals surface area contributed by atoms with Crippen molar-refractivity contribution >= 4 is 168 Å². The van der Waals surface area contributed by atoms with Crippen LogP contribution in [-0.2, 0) is 10.8 Å². The highest BCUT2D eigenvalue weighted by Crippen LogP contribution is 2.80. The minimum atomic E-state index is -0.434. The SMILES string of the molecule is CC1N(c2ccccc2)C(c2ccc3ccc4cccc5ccc2c3c45)C23C4=c5ccc6c7ccc8c9ccc%10c%11ccc%12c%13c(c%14c%15c2c5c6c2c7c8c5c9c%10c(c%13%11)c%14c5c%152)C13C=%12C=C4. The number of nitrogens with zero attached hydrogens (tertiary/aromatic N) is 1. The number of allylic oxidation sites excluding steroid dienone is 2. The molecular weight excluding hydrogens is 795 g/mol. The second-order valence-electron chi connectivity index (χ2n) is 21.5. The molecule has 0 amide bonds. The lowest BCUT2D eigenvalue weighted by Gasteiger charge is -2.53. The lowest BCUT2D eigenvalue weighted by molar-refractivity contribution is 0.380. The van der Waals surface area contributed by atoms with Crippen LogP contribution in [0, 0.1) is 0 Å². The van der Waals surface area contributed by atoms with E-state index < -0.39 is 5.41 Å². The molecule has 0 aromatic heterocycles. The molecule has 0 N–H and O–H groups in total. The molecule has 0 radical (unpaired) electrons. The second-order valence-corrected chi connectivity index (χ2v) is 21.5. The maximum atomic E-state index is 2.96. The molecule has 1 heteroatoms. The number of benzene rings is 13. The average molecular weight is 824 g/mol. The van der Waals surface area contributed by atoms with Gasteiger partial charge in [-0.25, -0.2) is 0 Å². The molecule has 1 aliphatic heterocycles. The monoisotopic (exact) mass is 823 g/mol. The van der Waals surface area contributed by atoms with Crippen molar-refractivity contribution < 1.29 is 0 Å². The van der Waals surface area contributed by atoms with Crippen LogP contribution in [0.2, 0.25) is 0 Å². The number of fused-ring (bicyclic) bond motifs is 3. The third-order valence-corrected chi connectivity index (χ3v) is 20.1. The first-order valence-electron chi connectivity index (χ1n) is 24.1. The molecule has 1 heterocycles. The van der Waals surface area contributed by atoms with Gasteiger partial charge in [0.2, 0.25) is 0 Å². The van der Waals surface area contributed by atoms with Crippen molar-refractivity contribution in [2.24, 2.45) is 0 Å². The van der Waals surface area contributed by atoms with Gasteiger partial charge in [0, 0.05) is 11.7 Å². The predicted octanol–water partition coefficient (Wildman–Crippen LogP) is 14.8. The van der Waals surface area contributed by atoms with Crippen LogP contribution in [0.15, 0.2) is 146 Å². The van der Waals surface area contributed by atoms with Gasteiger partial charge in [-0.15, -0.1) is 0 Å². The molecule has 1 nitrogen and oxygen atoms in total. The highest BCUT2D eigenvalue weighted by molar-refractivity contribution is 6.64. The van der Waals surface area contributed by atoms with Crippen molar-refractivity contribution in [1.29, 1.82) is 0 Å². The van der Waals surface area contributed by atoms with Gasteiger partial charge in [0.05, 0.1) is 16.9 Å². The summed E-state index contributed by atoms with van der Waals surface area (Å²) in [5.41, 5.74) is 8.30. The zero-order chi connectivity index (χ0) is 41.5. The van der Waals surface area contributed by atoms with E-state index in [-0.39, 0.29) is 17.5 Å². The van der Waals surface area contributed by atoms with Gasteiger partial charge in [-0.2, -0.15) is 0 Å². The Balaban J connectivity index is 1.10. The van der Waals surface area contributed by atoms with Crippen molar-refractivity contribution in [2.45, 2.75) is 29.8 Å². The minimum Gasteiger partial charge on any atom is -0.359 e. The molecule has 17 aromatic rings. The molecule has 0 saturated carbocycles. The van der Waals surface area contributed by atoms with Gasteiger partial charge in [0.15, 0.2) is 0 Å². The quantitative estimate of drug-likeness (QED) is 0.157. The fraction of sp³-hybridized carbons (Fsp3) is 0.0769. The number of anilines is 1. The molecule has 0 bridgehead atoms. The molecule has 22 rings (SSSR count). The molecule has 17 aromatic carbocycles. The first-order valence-corrected chi connectivity index (χ1v) is 24.1. The van der Waals surface area contributed by atoms with E-state index in [4.69, 9.17) is 0 Å². The van der Waals surface area contributed by atoms with Gasteiger partial charge < -0.3 is 4.90 Å². The molecular formula is C65H29N. The fourth-order valence-corrected chi connectivity index (χ4v) is 18.7. The molecule has 5 aliphatic rings. The topological polar surface area (TPSA) is 3.24 Å². The van der Waals surface area contributed by atoms with E-state index in [1.54, 1.807) is 65.0 Å². The summed E-state index contributed by atoms with van der Waals surface area (Å²) in [7, 11) is 0. The van der Waals surface area contributed by atoms with Gasteiger partial charge in [-0.3, -0.25) is 0 Å². The maximum absolute atomic E-state index is 2.96. The minimum absolute atomic E-state index is 0.0108. The normalized spacial score (nSPS) is 23.2. The van der Waals surface area contributed by atoms with Crippen molar-refractivity contribution in [2.75, 3.05) is 4.90 Å². The zero-order valence-corrected chi connectivity index (χ0v) is 35.5. The predicted molar refractivity (Wildman–Crippen MR) is 278 cm³/mol. The first-order chi connectivity index (χ1) is 32.7. The largest absolute Gasteiger partial charge is 0.359 e. The van der Waals surface area contributed by atoms with Gasteiger partial charge >= 0.3 is 0 Å². The van der Waals surface area contributed by atoms with E-state index >= 15 is 0 Å². The van der Waals surface area contributed by atoms with E-state index in [0.717, 1.165) is 0 Å². The fourth-order valence-electron chi connectivity index (χ4n) is 18.7. The average Bonchev–Trinajstić information content (AvgIpc) is 4.21. The van der Waals surface area contributed by atoms with Crippen molar-refractivity contribution in [3.8, 4) is 0 Å². The van der Waals surface area contributed by atoms with Crippen LogP contribution in [0.4, 0.5) is 5.69 Å². The van der Waals surface area contributed by atoms with E-state index in [0.29, 0.717) is 0 Å². The van der Waals surface area contributed by atoms with E-state index in [1.807, 2.05) is 0 Å². The molecule has 2 spiro atoms. The first kappa shape index (κ1) is 30.2. The Morgan fingerprint density at radius 3 is 1.36 bits per heavy atom. The molecule has 4 unspecified atom stereocenters. The van der Waals surface area contributed by atoms with E-state index in [9.17, 15) is 0 Å². The third-order valence-electron chi connectivity index (χ3n) is 20.1. The Labute approximate surface area is 373 Å². The van der Waals surface area contributed by atoms with Crippen molar-refractivity contribution in [3.63, 3.8) is 0 Å². The third kappa shape index (κ3) is 2.31. The Bertz CT molecular complexity index is 5390. The number of hydrogen-bond acceptors (Lipinski definition) is 1. The maximum Gasteiger partial charge on any atom is 0.0702 e. The summed E-state index contributed by atoms with van der Waals surface area (Å²) in [5, 5.41) is 44.5. The van der Waals surface area contributed by atoms with E-state index in [1.165, 1.54) is 130 Å². The summed E-state index contributed by atoms with van der Waals surface area (Å²) in [4.78, 5) is 2.96. The van der Waals surface area contributed by atoms with Crippen LogP contribution in [0.3, 0.4) is 0 Å². The number of rotatable bonds is 2. The molecule has 4 atom stereocenters. The van der Waals surface area contributed by atoms with Crippen LogP contribution in [-0.4, -0.2) is 6.04 Å². The molecule has 1 saturated heterocycles. The van der Waals surface area contributed by atoms with Gasteiger partial charge in [0.25, 0.3) is 0 Å². The molecule has 4 aliphatic carbocycles. The summed E-state index contributed by atoms with van der Waals surface area (Å²) >= 11 is 0. The lowest BCUT2D eigenvalue weighted by Crippen LogP contribution is -2.54. The van der Waals surface area contributed by atoms with Crippen LogP contribution < -0.4 is 15.3 Å². The van der Waals surface area contributed by atoms with Crippen LogP contribution in [0.1, 0.15) is 29.7 Å². The van der Waals surface area contributed by atoms with Crippen LogP contribution >= 0.6 is 0 Å². The zero-order valence-electron chi connectivity index (χ0n) is 35.5. The Morgan fingerprint density at radius 1 is 0.333 bits per heavy atom. The Kier molecular flexibility index (Phi) is 3.89. The lowest BCUT2D eigenvalue weighted by atomic mass is 9.46. The van der Waals surface area contributed by atoms with Crippen LogP contribution in [0.5, 0.6) is 0 Å².